The van der Waals surface area contributed by atoms with Crippen molar-refractivity contribution in [2.24, 2.45) is 17.1 Å². The van der Waals surface area contributed by atoms with Crippen LogP contribution in [-0.4, -0.2) is 19.3 Å². The van der Waals surface area contributed by atoms with Gasteiger partial charge in [-0.3, -0.25) is 0 Å². The molecule has 0 radical (unpaired) electrons. The summed E-state index contributed by atoms with van der Waals surface area (Å²) in [5.74, 6) is 0.950. The van der Waals surface area contributed by atoms with Gasteiger partial charge in [-0.25, -0.2) is 0 Å². The molecule has 0 aromatic rings. The van der Waals surface area contributed by atoms with Crippen LogP contribution in [-0.2, 0) is 4.74 Å². The van der Waals surface area contributed by atoms with Crippen LogP contribution in [0.2, 0.25) is 0 Å². The van der Waals surface area contributed by atoms with Crippen molar-refractivity contribution in [3.05, 3.63) is 0 Å². The summed E-state index contributed by atoms with van der Waals surface area (Å²) in [5.41, 5.74) is 6.36. The highest BCUT2D eigenvalue weighted by Gasteiger charge is 2.42. The Hall–Kier alpha value is -0.0800. The molecule has 1 saturated heterocycles. The largest absolute Gasteiger partial charge is 0.378 e. The fourth-order valence-electron chi connectivity index (χ4n) is 3.38. The van der Waals surface area contributed by atoms with E-state index >= 15 is 0 Å². The summed E-state index contributed by atoms with van der Waals surface area (Å²) >= 11 is 0. The third-order valence-electron chi connectivity index (χ3n) is 4.70. The van der Waals surface area contributed by atoms with E-state index in [0.29, 0.717) is 11.5 Å². The minimum atomic E-state index is 0.335. The molecule has 0 spiro atoms. The molecule has 2 rings (SSSR count). The van der Waals surface area contributed by atoms with Crippen molar-refractivity contribution in [2.75, 3.05) is 13.2 Å². The maximum absolute atomic E-state index is 6.02. The van der Waals surface area contributed by atoms with E-state index in [4.69, 9.17) is 10.5 Å². The van der Waals surface area contributed by atoms with Gasteiger partial charge in [-0.2, -0.15) is 0 Å². The zero-order valence-electron chi connectivity index (χ0n) is 10.0. The Balaban J connectivity index is 1.97. The third-order valence-corrected chi connectivity index (χ3v) is 4.70. The molecule has 1 saturated carbocycles. The van der Waals surface area contributed by atoms with E-state index < -0.39 is 0 Å². The SMILES string of the molecule is CCC1CCC(CN)(C2CCCO2)CC1. The first-order valence-electron chi connectivity index (χ1n) is 6.62. The van der Waals surface area contributed by atoms with Crippen LogP contribution in [0.15, 0.2) is 0 Å². The molecule has 1 unspecified atom stereocenters. The highest BCUT2D eigenvalue weighted by molar-refractivity contribution is 4.94. The van der Waals surface area contributed by atoms with Gasteiger partial charge in [-0.1, -0.05) is 13.3 Å². The molecule has 88 valence electrons. The molecule has 2 heteroatoms. The summed E-state index contributed by atoms with van der Waals surface area (Å²) < 4.78 is 5.88. The zero-order valence-corrected chi connectivity index (χ0v) is 10.0. The van der Waals surface area contributed by atoms with Crippen molar-refractivity contribution in [1.29, 1.82) is 0 Å². The smallest absolute Gasteiger partial charge is 0.0644 e. The summed E-state index contributed by atoms with van der Waals surface area (Å²) in [6, 6.07) is 0. The average molecular weight is 211 g/mol. The fraction of sp³-hybridized carbons (Fsp3) is 1.00. The number of nitrogens with two attached hydrogens (primary N) is 1. The van der Waals surface area contributed by atoms with E-state index in [2.05, 4.69) is 6.92 Å². The second-order valence-corrected chi connectivity index (χ2v) is 5.42. The first kappa shape index (κ1) is 11.4. The van der Waals surface area contributed by atoms with Crippen LogP contribution in [0.1, 0.15) is 51.9 Å². The summed E-state index contributed by atoms with van der Waals surface area (Å²) in [6.07, 6.45) is 9.63. The van der Waals surface area contributed by atoms with Gasteiger partial charge in [0.15, 0.2) is 0 Å². The first-order valence-corrected chi connectivity index (χ1v) is 6.62. The maximum Gasteiger partial charge on any atom is 0.0644 e. The van der Waals surface area contributed by atoms with Crippen molar-refractivity contribution in [1.82, 2.24) is 0 Å². The molecule has 1 heterocycles. The van der Waals surface area contributed by atoms with Gasteiger partial charge in [0.1, 0.15) is 0 Å². The molecular formula is C13H25NO. The van der Waals surface area contributed by atoms with E-state index in [1.54, 1.807) is 0 Å². The molecule has 0 aromatic heterocycles. The van der Waals surface area contributed by atoms with E-state index in [9.17, 15) is 0 Å². The van der Waals surface area contributed by atoms with Crippen molar-refractivity contribution in [3.8, 4) is 0 Å². The first-order chi connectivity index (χ1) is 7.30. The molecule has 1 aliphatic heterocycles. The van der Waals surface area contributed by atoms with Gasteiger partial charge in [0.25, 0.3) is 0 Å². The molecule has 0 aromatic carbocycles. The van der Waals surface area contributed by atoms with E-state index in [1.165, 1.54) is 44.9 Å². The Morgan fingerprint density at radius 2 is 2.00 bits per heavy atom. The minimum Gasteiger partial charge on any atom is -0.378 e. The van der Waals surface area contributed by atoms with Gasteiger partial charge in [-0.05, 0) is 44.4 Å². The van der Waals surface area contributed by atoms with Gasteiger partial charge >= 0.3 is 0 Å². The van der Waals surface area contributed by atoms with E-state index in [0.717, 1.165) is 19.1 Å². The monoisotopic (exact) mass is 211 g/mol. The second-order valence-electron chi connectivity index (χ2n) is 5.42. The summed E-state index contributed by atoms with van der Waals surface area (Å²) in [6.45, 7) is 4.10. The van der Waals surface area contributed by atoms with E-state index in [-0.39, 0.29) is 0 Å². The predicted octanol–water partition coefficient (Wildman–Crippen LogP) is 2.71. The van der Waals surface area contributed by atoms with Crippen molar-refractivity contribution in [2.45, 2.75) is 58.0 Å². The van der Waals surface area contributed by atoms with Gasteiger partial charge in [0.2, 0.25) is 0 Å². The van der Waals surface area contributed by atoms with Crippen LogP contribution in [0.25, 0.3) is 0 Å². The Kier molecular flexibility index (Phi) is 3.68. The Morgan fingerprint density at radius 1 is 1.27 bits per heavy atom. The van der Waals surface area contributed by atoms with Crippen LogP contribution in [0.5, 0.6) is 0 Å². The van der Waals surface area contributed by atoms with E-state index in [1.807, 2.05) is 0 Å². The van der Waals surface area contributed by atoms with Crippen LogP contribution in [0.3, 0.4) is 0 Å². The van der Waals surface area contributed by atoms with Gasteiger partial charge in [0, 0.05) is 18.6 Å². The van der Waals surface area contributed by atoms with Crippen molar-refractivity contribution >= 4 is 0 Å². The van der Waals surface area contributed by atoms with Crippen molar-refractivity contribution in [3.63, 3.8) is 0 Å². The lowest BCUT2D eigenvalue weighted by Gasteiger charge is -2.43. The van der Waals surface area contributed by atoms with Gasteiger partial charge < -0.3 is 10.5 Å². The molecule has 2 N–H and O–H groups in total. The number of hydrogen-bond donors (Lipinski definition) is 1. The highest BCUT2D eigenvalue weighted by atomic mass is 16.5. The van der Waals surface area contributed by atoms with Crippen LogP contribution in [0, 0.1) is 11.3 Å². The average Bonchev–Trinajstić information content (AvgIpc) is 2.83. The van der Waals surface area contributed by atoms with Crippen LogP contribution < -0.4 is 5.73 Å². The summed E-state index contributed by atoms with van der Waals surface area (Å²) in [5, 5.41) is 0. The van der Waals surface area contributed by atoms with Gasteiger partial charge in [-0.15, -0.1) is 0 Å². The summed E-state index contributed by atoms with van der Waals surface area (Å²) in [7, 11) is 0. The number of ether oxygens (including phenoxy) is 1. The molecule has 15 heavy (non-hydrogen) atoms. The topological polar surface area (TPSA) is 35.2 Å². The Morgan fingerprint density at radius 3 is 2.47 bits per heavy atom. The molecular weight excluding hydrogens is 186 g/mol. The van der Waals surface area contributed by atoms with Crippen LogP contribution in [0.4, 0.5) is 0 Å². The molecule has 1 aliphatic carbocycles. The predicted molar refractivity (Wildman–Crippen MR) is 62.7 cm³/mol. The van der Waals surface area contributed by atoms with Crippen molar-refractivity contribution < 1.29 is 4.74 Å². The molecule has 1 atom stereocenters. The third kappa shape index (κ3) is 2.21. The number of hydrogen-bond acceptors (Lipinski definition) is 2. The minimum absolute atomic E-state index is 0.335. The summed E-state index contributed by atoms with van der Waals surface area (Å²) in [4.78, 5) is 0. The second kappa shape index (κ2) is 4.84. The maximum atomic E-state index is 6.02. The zero-order chi connectivity index (χ0) is 10.7. The standard InChI is InChI=1S/C13H25NO/c1-2-11-5-7-13(10-14,8-6-11)12-4-3-9-15-12/h11-12H,2-10,14H2,1H3. The number of rotatable bonds is 3. The lowest BCUT2D eigenvalue weighted by atomic mass is 9.66. The lowest BCUT2D eigenvalue weighted by molar-refractivity contribution is -0.0269. The molecule has 2 nitrogen and oxygen atoms in total. The Labute approximate surface area is 93.6 Å². The lowest BCUT2D eigenvalue weighted by Crippen LogP contribution is -2.44. The molecule has 0 bridgehead atoms. The highest BCUT2D eigenvalue weighted by Crippen LogP contribution is 2.45. The fourth-order valence-corrected chi connectivity index (χ4v) is 3.38. The molecule has 0 amide bonds. The normalized spacial score (nSPS) is 42.0. The molecule has 2 fully saturated rings. The van der Waals surface area contributed by atoms with Crippen LogP contribution >= 0.6 is 0 Å². The quantitative estimate of drug-likeness (QED) is 0.779. The molecule has 2 aliphatic rings. The Bertz CT molecular complexity index is 191. The van der Waals surface area contributed by atoms with Gasteiger partial charge in [0.05, 0.1) is 6.10 Å².